The van der Waals surface area contributed by atoms with Gasteiger partial charge < -0.3 is 10.4 Å². The molecule has 0 bridgehead atoms. The van der Waals surface area contributed by atoms with Gasteiger partial charge in [0.2, 0.25) is 0 Å². The Labute approximate surface area is 125 Å². The Bertz CT molecular complexity index is 595. The maximum absolute atomic E-state index is 11.5. The van der Waals surface area contributed by atoms with Gasteiger partial charge in [0.1, 0.15) is 0 Å². The summed E-state index contributed by atoms with van der Waals surface area (Å²) >= 11 is 0. The first-order valence-corrected chi connectivity index (χ1v) is 7.15. The van der Waals surface area contributed by atoms with Gasteiger partial charge in [-0.3, -0.25) is 4.79 Å². The molecule has 3 heteroatoms. The van der Waals surface area contributed by atoms with Gasteiger partial charge in [-0.25, -0.2) is 0 Å². The zero-order valence-corrected chi connectivity index (χ0v) is 12.4. The molecule has 0 saturated heterocycles. The molecular formula is C18H21NO2. The van der Waals surface area contributed by atoms with Crippen LogP contribution in [0.2, 0.25) is 0 Å². The van der Waals surface area contributed by atoms with E-state index in [1.807, 2.05) is 36.4 Å². The lowest BCUT2D eigenvalue weighted by Crippen LogP contribution is -2.29. The van der Waals surface area contributed by atoms with Gasteiger partial charge in [-0.1, -0.05) is 60.2 Å². The van der Waals surface area contributed by atoms with Crippen LogP contribution in [0, 0.1) is 6.92 Å². The van der Waals surface area contributed by atoms with Gasteiger partial charge in [0.05, 0.1) is 5.92 Å². The van der Waals surface area contributed by atoms with E-state index in [2.05, 4.69) is 37.4 Å². The lowest BCUT2D eigenvalue weighted by molar-refractivity contribution is -0.138. The third-order valence-electron chi connectivity index (χ3n) is 3.67. The number of carboxylic acids is 1. The summed E-state index contributed by atoms with van der Waals surface area (Å²) in [7, 11) is 0. The van der Waals surface area contributed by atoms with Gasteiger partial charge in [0.25, 0.3) is 0 Å². The summed E-state index contributed by atoms with van der Waals surface area (Å²) in [4.78, 5) is 11.5. The zero-order valence-electron chi connectivity index (χ0n) is 12.4. The molecule has 0 aliphatic rings. The second-order valence-corrected chi connectivity index (χ2v) is 5.35. The maximum Gasteiger partial charge on any atom is 0.312 e. The molecule has 110 valence electrons. The van der Waals surface area contributed by atoms with Crippen molar-refractivity contribution in [3.05, 3.63) is 71.3 Å². The molecule has 3 nitrogen and oxygen atoms in total. The summed E-state index contributed by atoms with van der Waals surface area (Å²) < 4.78 is 0. The van der Waals surface area contributed by atoms with Crippen LogP contribution in [0.5, 0.6) is 0 Å². The number of aliphatic carboxylic acids is 1. The SMILES string of the molecule is Cc1cccc([C@H](C)NCC(C(=O)O)c2ccccc2)c1. The smallest absolute Gasteiger partial charge is 0.312 e. The minimum Gasteiger partial charge on any atom is -0.481 e. The van der Waals surface area contributed by atoms with Crippen LogP contribution >= 0.6 is 0 Å². The molecule has 0 fully saturated rings. The predicted octanol–water partition coefficient (Wildman–Crippen LogP) is 3.51. The van der Waals surface area contributed by atoms with E-state index in [0.717, 1.165) is 5.56 Å². The van der Waals surface area contributed by atoms with Crippen molar-refractivity contribution in [2.24, 2.45) is 0 Å². The summed E-state index contributed by atoms with van der Waals surface area (Å²) in [5.41, 5.74) is 3.21. The van der Waals surface area contributed by atoms with E-state index in [0.29, 0.717) is 6.54 Å². The van der Waals surface area contributed by atoms with E-state index in [4.69, 9.17) is 0 Å². The average Bonchev–Trinajstić information content (AvgIpc) is 2.48. The molecule has 2 aromatic carbocycles. The molecule has 0 saturated carbocycles. The largest absolute Gasteiger partial charge is 0.481 e. The summed E-state index contributed by atoms with van der Waals surface area (Å²) in [5, 5.41) is 12.7. The Kier molecular flexibility index (Phi) is 5.12. The zero-order chi connectivity index (χ0) is 15.2. The molecule has 0 spiro atoms. The Morgan fingerprint density at radius 1 is 1.10 bits per heavy atom. The molecule has 2 atom stereocenters. The fourth-order valence-corrected chi connectivity index (χ4v) is 2.39. The summed E-state index contributed by atoms with van der Waals surface area (Å²) in [6.45, 7) is 4.52. The maximum atomic E-state index is 11.5. The van der Waals surface area contributed by atoms with Crippen LogP contribution in [0.15, 0.2) is 54.6 Å². The fraction of sp³-hybridized carbons (Fsp3) is 0.278. The highest BCUT2D eigenvalue weighted by Gasteiger charge is 2.20. The van der Waals surface area contributed by atoms with Crippen molar-refractivity contribution in [2.45, 2.75) is 25.8 Å². The van der Waals surface area contributed by atoms with Crippen LogP contribution in [-0.4, -0.2) is 17.6 Å². The summed E-state index contributed by atoms with van der Waals surface area (Å²) in [6.07, 6.45) is 0. The van der Waals surface area contributed by atoms with Crippen LogP contribution in [0.1, 0.15) is 35.6 Å². The van der Waals surface area contributed by atoms with Gasteiger partial charge in [0.15, 0.2) is 0 Å². The van der Waals surface area contributed by atoms with Gasteiger partial charge in [-0.2, -0.15) is 0 Å². The number of aryl methyl sites for hydroxylation is 1. The first kappa shape index (κ1) is 15.3. The Balaban J connectivity index is 2.04. The van der Waals surface area contributed by atoms with Crippen LogP contribution in [0.3, 0.4) is 0 Å². The molecule has 0 aromatic heterocycles. The Morgan fingerprint density at radius 3 is 2.38 bits per heavy atom. The van der Waals surface area contributed by atoms with E-state index in [-0.39, 0.29) is 6.04 Å². The van der Waals surface area contributed by atoms with Crippen LogP contribution in [0.4, 0.5) is 0 Å². The van der Waals surface area contributed by atoms with E-state index in [1.54, 1.807) is 0 Å². The molecule has 2 aromatic rings. The quantitative estimate of drug-likeness (QED) is 0.853. The van der Waals surface area contributed by atoms with E-state index in [1.165, 1.54) is 11.1 Å². The number of benzene rings is 2. The van der Waals surface area contributed by atoms with Crippen LogP contribution in [-0.2, 0) is 4.79 Å². The van der Waals surface area contributed by atoms with E-state index < -0.39 is 11.9 Å². The molecule has 0 aliphatic heterocycles. The summed E-state index contributed by atoms with van der Waals surface area (Å²) in [6, 6.07) is 17.7. The lowest BCUT2D eigenvalue weighted by Gasteiger charge is -2.19. The predicted molar refractivity (Wildman–Crippen MR) is 84.4 cm³/mol. The molecule has 0 amide bonds. The van der Waals surface area contributed by atoms with Crippen molar-refractivity contribution in [1.29, 1.82) is 0 Å². The highest BCUT2D eigenvalue weighted by molar-refractivity contribution is 5.76. The normalized spacial score (nSPS) is 13.6. The molecule has 1 unspecified atom stereocenters. The number of hydrogen-bond donors (Lipinski definition) is 2. The molecule has 0 heterocycles. The molecular weight excluding hydrogens is 262 g/mol. The van der Waals surface area contributed by atoms with Crippen LogP contribution in [0.25, 0.3) is 0 Å². The van der Waals surface area contributed by atoms with Gasteiger partial charge >= 0.3 is 5.97 Å². The minimum absolute atomic E-state index is 0.121. The number of nitrogens with one attached hydrogen (secondary N) is 1. The van der Waals surface area contributed by atoms with E-state index in [9.17, 15) is 9.90 Å². The van der Waals surface area contributed by atoms with Crippen LogP contribution < -0.4 is 5.32 Å². The number of rotatable bonds is 6. The monoisotopic (exact) mass is 283 g/mol. The standard InChI is InChI=1S/C18H21NO2/c1-13-7-6-10-16(11-13)14(2)19-12-17(18(20)21)15-8-4-3-5-9-15/h3-11,14,17,19H,12H2,1-2H3,(H,20,21)/t14-,17?/m0/s1. The third kappa shape index (κ3) is 4.17. The highest BCUT2D eigenvalue weighted by Crippen LogP contribution is 2.18. The topological polar surface area (TPSA) is 49.3 Å². The second-order valence-electron chi connectivity index (χ2n) is 5.35. The first-order chi connectivity index (χ1) is 10.1. The molecule has 2 rings (SSSR count). The Hall–Kier alpha value is -2.13. The molecule has 21 heavy (non-hydrogen) atoms. The van der Waals surface area contributed by atoms with Crippen molar-refractivity contribution in [3.63, 3.8) is 0 Å². The number of carbonyl (C=O) groups is 1. The second kappa shape index (κ2) is 7.04. The van der Waals surface area contributed by atoms with Gasteiger partial charge in [-0.05, 0) is 25.0 Å². The van der Waals surface area contributed by atoms with Gasteiger partial charge in [-0.15, -0.1) is 0 Å². The first-order valence-electron chi connectivity index (χ1n) is 7.15. The summed E-state index contributed by atoms with van der Waals surface area (Å²) in [5.74, 6) is -1.33. The molecule has 2 N–H and O–H groups in total. The van der Waals surface area contributed by atoms with Crippen molar-refractivity contribution < 1.29 is 9.90 Å². The number of hydrogen-bond acceptors (Lipinski definition) is 2. The van der Waals surface area contributed by atoms with Crippen molar-refractivity contribution in [2.75, 3.05) is 6.54 Å². The highest BCUT2D eigenvalue weighted by atomic mass is 16.4. The van der Waals surface area contributed by atoms with Crippen molar-refractivity contribution in [1.82, 2.24) is 5.32 Å². The van der Waals surface area contributed by atoms with Crippen molar-refractivity contribution in [3.8, 4) is 0 Å². The van der Waals surface area contributed by atoms with E-state index >= 15 is 0 Å². The minimum atomic E-state index is -0.801. The molecule has 0 radical (unpaired) electrons. The van der Waals surface area contributed by atoms with Crippen molar-refractivity contribution >= 4 is 5.97 Å². The number of carboxylic acid groups (broad SMARTS) is 1. The van der Waals surface area contributed by atoms with Gasteiger partial charge in [0, 0.05) is 12.6 Å². The fourth-order valence-electron chi connectivity index (χ4n) is 2.39. The molecule has 0 aliphatic carbocycles. The lowest BCUT2D eigenvalue weighted by atomic mass is 9.98. The Morgan fingerprint density at radius 2 is 1.76 bits per heavy atom. The average molecular weight is 283 g/mol. The third-order valence-corrected chi connectivity index (χ3v) is 3.67.